The second-order valence-electron chi connectivity index (χ2n) is 9.16. The number of hydrogen-bond donors (Lipinski definition) is 2. The molecule has 0 aliphatic rings. The number of ether oxygens (including phenoxy) is 1. The van der Waals surface area contributed by atoms with Crippen molar-refractivity contribution in [3.05, 3.63) is 66.2 Å². The average molecular weight is 542 g/mol. The molecule has 1 atom stereocenters. The Morgan fingerprint density at radius 2 is 1.26 bits per heavy atom. The monoisotopic (exact) mass is 541 g/mol. The van der Waals surface area contributed by atoms with E-state index in [0.29, 0.717) is 0 Å². The van der Waals surface area contributed by atoms with Crippen molar-refractivity contribution in [1.82, 2.24) is 5.32 Å². The molecule has 0 aliphatic heterocycles. The van der Waals surface area contributed by atoms with Gasteiger partial charge in [-0.05, 0) is 50.5 Å². The highest BCUT2D eigenvalue weighted by Crippen LogP contribution is 2.23. The maximum absolute atomic E-state index is 11.3. The van der Waals surface area contributed by atoms with Crippen LogP contribution in [0.25, 0.3) is 11.1 Å². The molecule has 2 rings (SSSR count). The van der Waals surface area contributed by atoms with Crippen LogP contribution in [-0.4, -0.2) is 37.6 Å². The molecule has 0 bridgehead atoms. The molecule has 0 spiro atoms. The number of aliphatic hydroxyl groups is 1. The molecule has 220 valence electrons. The fraction of sp³-hybridized carbons (Fsp3) is 0.529. The zero-order valence-electron chi connectivity index (χ0n) is 25.9. The Balaban J connectivity index is 0. The summed E-state index contributed by atoms with van der Waals surface area (Å²) in [5.74, 6) is 0.996. The fourth-order valence-electron chi connectivity index (χ4n) is 3.51. The molecule has 5 nitrogen and oxygen atoms in total. The van der Waals surface area contributed by atoms with E-state index >= 15 is 0 Å². The van der Waals surface area contributed by atoms with Crippen LogP contribution in [0.15, 0.2) is 60.7 Å². The van der Waals surface area contributed by atoms with Crippen LogP contribution in [0, 0.1) is 5.92 Å². The molecule has 0 saturated heterocycles. The van der Waals surface area contributed by atoms with Gasteiger partial charge in [0.05, 0.1) is 12.5 Å². The highest BCUT2D eigenvalue weighted by molar-refractivity contribution is 5.94. The Morgan fingerprint density at radius 1 is 0.821 bits per heavy atom. The van der Waals surface area contributed by atoms with Crippen molar-refractivity contribution in [1.29, 1.82) is 0 Å². The van der Waals surface area contributed by atoms with Crippen LogP contribution in [0.3, 0.4) is 0 Å². The largest absolute Gasteiger partial charge is 0.494 e. The van der Waals surface area contributed by atoms with E-state index in [4.69, 9.17) is 9.84 Å². The predicted molar refractivity (Wildman–Crippen MR) is 168 cm³/mol. The first-order valence-electron chi connectivity index (χ1n) is 14.5. The van der Waals surface area contributed by atoms with E-state index in [2.05, 4.69) is 31.0 Å². The van der Waals surface area contributed by atoms with Gasteiger partial charge in [-0.1, -0.05) is 114 Å². The number of nitrogens with one attached hydrogen (secondary N) is 1. The third kappa shape index (κ3) is 18.1. The Hall–Kier alpha value is -2.92. The Morgan fingerprint density at radius 3 is 1.64 bits per heavy atom. The van der Waals surface area contributed by atoms with E-state index in [1.807, 2.05) is 64.1 Å². The zero-order chi connectivity index (χ0) is 30.1. The van der Waals surface area contributed by atoms with Crippen molar-refractivity contribution in [3.63, 3.8) is 0 Å². The molecule has 1 amide bonds. The van der Waals surface area contributed by atoms with Crippen molar-refractivity contribution in [2.24, 2.45) is 5.92 Å². The minimum absolute atomic E-state index is 0.0301. The van der Waals surface area contributed by atoms with Gasteiger partial charge in [0, 0.05) is 19.7 Å². The van der Waals surface area contributed by atoms with Gasteiger partial charge in [-0.3, -0.25) is 9.59 Å². The Kier molecular flexibility index (Phi) is 24.9. The van der Waals surface area contributed by atoms with E-state index in [0.717, 1.165) is 48.2 Å². The number of aliphatic hydroxyl groups excluding tert-OH is 1. The lowest BCUT2D eigenvalue weighted by atomic mass is 10.0. The predicted octanol–water partition coefficient (Wildman–Crippen LogP) is 8.66. The first kappa shape index (κ1) is 38.2. The van der Waals surface area contributed by atoms with E-state index < -0.39 is 0 Å². The van der Waals surface area contributed by atoms with Crippen molar-refractivity contribution in [3.8, 4) is 16.9 Å². The molecule has 0 radical (unpaired) electrons. The third-order valence-electron chi connectivity index (χ3n) is 6.12. The van der Waals surface area contributed by atoms with E-state index in [9.17, 15) is 9.59 Å². The molecule has 2 aromatic rings. The average Bonchev–Trinajstić information content (AvgIpc) is 2.98. The molecule has 0 saturated carbocycles. The van der Waals surface area contributed by atoms with Crippen molar-refractivity contribution < 1.29 is 19.4 Å². The van der Waals surface area contributed by atoms with Gasteiger partial charge < -0.3 is 15.2 Å². The topological polar surface area (TPSA) is 75.6 Å². The van der Waals surface area contributed by atoms with Crippen LogP contribution in [-0.2, 0) is 4.79 Å². The number of Topliss-reactive ketones (excluding diaryl/α,β-unsaturated/α-hetero) is 1. The van der Waals surface area contributed by atoms with Crippen LogP contribution < -0.4 is 10.1 Å². The van der Waals surface area contributed by atoms with Gasteiger partial charge in [0.15, 0.2) is 5.78 Å². The lowest BCUT2D eigenvalue weighted by Gasteiger charge is -2.08. The number of ketones is 1. The van der Waals surface area contributed by atoms with Crippen molar-refractivity contribution >= 4 is 11.7 Å². The summed E-state index contributed by atoms with van der Waals surface area (Å²) < 4.78 is 5.85. The lowest BCUT2D eigenvalue weighted by Crippen LogP contribution is -2.25. The molecule has 2 N–H and O–H groups in total. The maximum Gasteiger partial charge on any atom is 0.226 e. The summed E-state index contributed by atoms with van der Waals surface area (Å²) in [6.45, 7) is 16.0. The van der Waals surface area contributed by atoms with Gasteiger partial charge in [-0.2, -0.15) is 0 Å². The SMILES string of the molecule is C=C(C)C(C)C(=O)NC.CC.CCCCCCCCCCOc1ccc(-c2ccc(C(C)=O)cc2)cc1.CO. The second-order valence-corrected chi connectivity index (χ2v) is 9.16. The second kappa shape index (κ2) is 25.4. The fourth-order valence-corrected chi connectivity index (χ4v) is 3.51. The minimum atomic E-state index is -0.0602. The Bertz CT molecular complexity index is 888. The molecule has 39 heavy (non-hydrogen) atoms. The molecule has 1 unspecified atom stereocenters. The number of hydrogen-bond acceptors (Lipinski definition) is 4. The minimum Gasteiger partial charge on any atom is -0.494 e. The van der Waals surface area contributed by atoms with Crippen LogP contribution in [0.2, 0.25) is 0 Å². The summed E-state index contributed by atoms with van der Waals surface area (Å²) in [6.07, 6.45) is 10.5. The normalized spacial score (nSPS) is 10.3. The van der Waals surface area contributed by atoms with Crippen LogP contribution >= 0.6 is 0 Å². The van der Waals surface area contributed by atoms with E-state index in [1.54, 1.807) is 14.0 Å². The number of amides is 1. The summed E-state index contributed by atoms with van der Waals surface area (Å²) in [7, 11) is 2.63. The molecular weight excluding hydrogens is 486 g/mol. The first-order chi connectivity index (χ1) is 18.8. The molecule has 2 aromatic carbocycles. The highest BCUT2D eigenvalue weighted by Gasteiger charge is 2.09. The Labute approximate surface area is 239 Å². The smallest absolute Gasteiger partial charge is 0.226 e. The zero-order valence-corrected chi connectivity index (χ0v) is 25.9. The van der Waals surface area contributed by atoms with Crippen molar-refractivity contribution in [2.75, 3.05) is 20.8 Å². The van der Waals surface area contributed by atoms with Crippen molar-refractivity contribution in [2.45, 2.75) is 92.9 Å². The van der Waals surface area contributed by atoms with E-state index in [1.165, 1.54) is 44.9 Å². The molecule has 0 aliphatic carbocycles. The van der Waals surface area contributed by atoms with Gasteiger partial charge in [0.2, 0.25) is 5.91 Å². The number of unbranched alkanes of at least 4 members (excludes halogenated alkanes) is 7. The van der Waals surface area contributed by atoms with Crippen LogP contribution in [0.1, 0.15) is 103 Å². The van der Waals surface area contributed by atoms with Gasteiger partial charge in [0.25, 0.3) is 0 Å². The quantitative estimate of drug-likeness (QED) is 0.143. The lowest BCUT2D eigenvalue weighted by molar-refractivity contribution is -0.122. The van der Waals surface area contributed by atoms with E-state index in [-0.39, 0.29) is 17.6 Å². The van der Waals surface area contributed by atoms with Gasteiger partial charge in [0.1, 0.15) is 5.75 Å². The summed E-state index contributed by atoms with van der Waals surface area (Å²) in [4.78, 5) is 22.1. The number of carbonyl (C=O) groups excluding carboxylic acids is 2. The third-order valence-corrected chi connectivity index (χ3v) is 6.12. The molecule has 0 aromatic heterocycles. The van der Waals surface area contributed by atoms with Gasteiger partial charge in [-0.15, -0.1) is 0 Å². The molecule has 0 fully saturated rings. The summed E-state index contributed by atoms with van der Waals surface area (Å²) in [5.41, 5.74) is 3.90. The van der Waals surface area contributed by atoms with Crippen LogP contribution in [0.5, 0.6) is 5.75 Å². The maximum atomic E-state index is 11.3. The molecular formula is C34H55NO4. The number of benzene rings is 2. The van der Waals surface area contributed by atoms with Crippen LogP contribution in [0.4, 0.5) is 0 Å². The molecule has 0 heterocycles. The summed E-state index contributed by atoms with van der Waals surface area (Å²) in [6, 6.07) is 15.9. The summed E-state index contributed by atoms with van der Waals surface area (Å²) in [5, 5.41) is 9.55. The van der Waals surface area contributed by atoms with Gasteiger partial charge in [-0.25, -0.2) is 0 Å². The molecule has 5 heteroatoms. The number of rotatable bonds is 14. The first-order valence-corrected chi connectivity index (χ1v) is 14.5. The van der Waals surface area contributed by atoms with Gasteiger partial charge >= 0.3 is 0 Å². The highest BCUT2D eigenvalue weighted by atomic mass is 16.5. The summed E-state index contributed by atoms with van der Waals surface area (Å²) >= 11 is 0. The standard InChI is InChI=1S/C24H32O2.C7H13NO.C2H6.CH4O/c1-3-4-5-6-7-8-9-10-19-26-24-17-15-23(16-18-24)22-13-11-21(12-14-22)20(2)25;1-5(2)6(3)7(9)8-4;2*1-2/h11-18H,3-10,19H2,1-2H3;6H,1H2,2-4H3,(H,8,9);1-2H3;2H,1H3. The number of carbonyl (C=O) groups is 2.